The number of carbonyl (C=O) groups is 1. The lowest BCUT2D eigenvalue weighted by molar-refractivity contribution is -0.149. The summed E-state index contributed by atoms with van der Waals surface area (Å²) in [6.45, 7) is 9.74. The Morgan fingerprint density at radius 1 is 0.860 bits per heavy atom. The lowest BCUT2D eigenvalue weighted by Gasteiger charge is -2.48. The zero-order valence-corrected chi connectivity index (χ0v) is 30.5. The second kappa shape index (κ2) is 15.3. The molecule has 2 saturated heterocycles. The van der Waals surface area contributed by atoms with Crippen molar-refractivity contribution in [3.8, 4) is 23.6 Å². The van der Waals surface area contributed by atoms with Crippen LogP contribution in [0.15, 0.2) is 36.4 Å². The molecule has 14 heteroatoms. The molecule has 1 amide bonds. The number of hydrogen-bond donors (Lipinski definition) is 1. The number of carbonyl (C=O) groups excluding carboxylic acids is 1. The smallest absolute Gasteiger partial charge is 0.276 e. The van der Waals surface area contributed by atoms with E-state index in [9.17, 15) is 20.4 Å². The van der Waals surface area contributed by atoms with Crippen LogP contribution in [0.3, 0.4) is 0 Å². The van der Waals surface area contributed by atoms with Gasteiger partial charge >= 0.3 is 0 Å². The van der Waals surface area contributed by atoms with Crippen molar-refractivity contribution in [1.82, 2.24) is 9.80 Å². The average molecular weight is 727 g/mol. The standard InChI is InChI=1S/C36H44ClN4O8P/c1-35(2)33(31(40-13-5-7-29(40)42)25-19-23(21-38)9-11-27(25)48-35)44-15-17-46-50(37)47-18-16-45-34-32(41-14-6-8-30(41)43)26-20-24(22-39)10-12-28(26)49-36(34,3)4/h9-12,19-20,29,31-34,42H,5-8,13-18H2,1-4H3/t29?,31-,32-,33+,34+,50?/m1/s1. The summed E-state index contributed by atoms with van der Waals surface area (Å²) in [4.78, 5) is 16.8. The largest absolute Gasteiger partial charge is 0.485 e. The van der Waals surface area contributed by atoms with Crippen molar-refractivity contribution in [2.75, 3.05) is 39.5 Å². The van der Waals surface area contributed by atoms with Crippen molar-refractivity contribution in [3.63, 3.8) is 0 Å². The molecule has 0 saturated carbocycles. The molecule has 6 atom stereocenters. The van der Waals surface area contributed by atoms with E-state index in [1.54, 1.807) is 24.3 Å². The summed E-state index contributed by atoms with van der Waals surface area (Å²) in [5.41, 5.74) is 1.06. The Hall–Kier alpha value is -3.03. The molecular weight excluding hydrogens is 683 g/mol. The Morgan fingerprint density at radius 2 is 1.40 bits per heavy atom. The number of fused-ring (bicyclic) bond motifs is 2. The van der Waals surface area contributed by atoms with Crippen LogP contribution in [-0.2, 0) is 23.3 Å². The minimum absolute atomic E-state index is 0.0491. The number of halogens is 1. The van der Waals surface area contributed by atoms with Gasteiger partial charge in [0.15, 0.2) is 0 Å². The Kier molecular flexibility index (Phi) is 11.2. The van der Waals surface area contributed by atoms with E-state index in [0.29, 0.717) is 48.6 Å². The maximum absolute atomic E-state index is 12.9. The van der Waals surface area contributed by atoms with Gasteiger partial charge in [-0.2, -0.15) is 10.5 Å². The highest BCUT2D eigenvalue weighted by Gasteiger charge is 2.50. The van der Waals surface area contributed by atoms with Crippen LogP contribution in [0.2, 0.25) is 0 Å². The third-order valence-electron chi connectivity index (χ3n) is 9.82. The molecule has 4 heterocycles. The molecule has 0 aliphatic carbocycles. The topological polar surface area (TPSA) is 147 Å². The van der Waals surface area contributed by atoms with E-state index in [-0.39, 0.29) is 38.4 Å². The van der Waals surface area contributed by atoms with Crippen molar-refractivity contribution in [2.45, 2.75) is 95.1 Å². The minimum atomic E-state index is -1.78. The van der Waals surface area contributed by atoms with Crippen molar-refractivity contribution < 1.29 is 37.9 Å². The first-order chi connectivity index (χ1) is 23.9. The summed E-state index contributed by atoms with van der Waals surface area (Å²) in [6, 6.07) is 14.3. The van der Waals surface area contributed by atoms with Crippen LogP contribution in [-0.4, -0.2) is 90.0 Å². The Morgan fingerprint density at radius 3 is 1.88 bits per heavy atom. The highest BCUT2D eigenvalue weighted by molar-refractivity contribution is 7.76. The molecule has 0 radical (unpaired) electrons. The van der Waals surface area contributed by atoms with Gasteiger partial charge in [-0.15, -0.1) is 0 Å². The van der Waals surface area contributed by atoms with Gasteiger partial charge in [-0.1, -0.05) is 0 Å². The fraction of sp³-hybridized carbons (Fsp3) is 0.583. The van der Waals surface area contributed by atoms with Gasteiger partial charge in [0.25, 0.3) is 7.73 Å². The van der Waals surface area contributed by atoms with Gasteiger partial charge in [-0.05, 0) is 94.6 Å². The van der Waals surface area contributed by atoms with Crippen LogP contribution in [0.5, 0.6) is 11.5 Å². The van der Waals surface area contributed by atoms with Crippen LogP contribution in [0.4, 0.5) is 0 Å². The third-order valence-corrected chi connectivity index (χ3v) is 11.2. The molecule has 50 heavy (non-hydrogen) atoms. The quantitative estimate of drug-likeness (QED) is 0.207. The zero-order valence-electron chi connectivity index (χ0n) is 28.8. The van der Waals surface area contributed by atoms with Gasteiger partial charge in [0.2, 0.25) is 5.91 Å². The summed E-state index contributed by atoms with van der Waals surface area (Å²) < 4.78 is 37.0. The summed E-state index contributed by atoms with van der Waals surface area (Å²) in [6.07, 6.45) is 1.14. The van der Waals surface area contributed by atoms with E-state index in [4.69, 9.17) is 39.2 Å². The molecule has 2 fully saturated rings. The Balaban J connectivity index is 1.04. The van der Waals surface area contributed by atoms with Crippen LogP contribution in [0.25, 0.3) is 0 Å². The van der Waals surface area contributed by atoms with Crippen molar-refractivity contribution in [2.24, 2.45) is 0 Å². The predicted octanol–water partition coefficient (Wildman–Crippen LogP) is 5.86. The molecule has 2 aromatic rings. The average Bonchev–Trinajstić information content (AvgIpc) is 3.71. The number of likely N-dealkylation sites (tertiary alicyclic amines) is 2. The molecule has 4 aliphatic rings. The summed E-state index contributed by atoms with van der Waals surface area (Å²) in [7, 11) is -1.78. The Labute approximate surface area is 299 Å². The second-order valence-corrected chi connectivity index (χ2v) is 15.8. The predicted molar refractivity (Wildman–Crippen MR) is 184 cm³/mol. The first-order valence-electron chi connectivity index (χ1n) is 17.1. The number of amides is 1. The van der Waals surface area contributed by atoms with E-state index in [1.165, 1.54) is 0 Å². The van der Waals surface area contributed by atoms with Crippen LogP contribution in [0, 0.1) is 22.7 Å². The fourth-order valence-corrected chi connectivity index (χ4v) is 8.51. The molecule has 6 rings (SSSR count). The molecule has 2 unspecified atom stereocenters. The maximum Gasteiger partial charge on any atom is 0.276 e. The molecule has 2 aromatic carbocycles. The monoisotopic (exact) mass is 726 g/mol. The van der Waals surface area contributed by atoms with Crippen molar-refractivity contribution >= 4 is 24.9 Å². The number of benzene rings is 2. The van der Waals surface area contributed by atoms with E-state index < -0.39 is 43.4 Å². The molecule has 0 spiro atoms. The van der Waals surface area contributed by atoms with Gasteiger partial charge in [0.05, 0.1) is 61.8 Å². The zero-order chi connectivity index (χ0) is 35.6. The summed E-state index contributed by atoms with van der Waals surface area (Å²) >= 11 is 6.44. The molecule has 4 aliphatic heterocycles. The number of nitriles is 2. The van der Waals surface area contributed by atoms with E-state index >= 15 is 0 Å². The fourth-order valence-electron chi connectivity index (χ4n) is 7.59. The highest BCUT2D eigenvalue weighted by Crippen LogP contribution is 2.48. The first-order valence-corrected chi connectivity index (χ1v) is 19.2. The molecule has 12 nitrogen and oxygen atoms in total. The Bertz CT molecular complexity index is 1650. The number of aliphatic hydroxyl groups is 1. The van der Waals surface area contributed by atoms with Crippen molar-refractivity contribution in [1.29, 1.82) is 10.5 Å². The summed E-state index contributed by atoms with van der Waals surface area (Å²) in [5, 5.41) is 30.0. The maximum atomic E-state index is 12.9. The number of ether oxygens (including phenoxy) is 4. The first kappa shape index (κ1) is 36.8. The molecule has 0 aromatic heterocycles. The molecule has 268 valence electrons. The number of rotatable bonds is 12. The van der Waals surface area contributed by atoms with Gasteiger partial charge < -0.3 is 38.0 Å². The van der Waals surface area contributed by atoms with Crippen LogP contribution in [0.1, 0.15) is 87.7 Å². The molecular formula is C36H44ClN4O8P. The third kappa shape index (κ3) is 7.60. The number of hydrogen-bond acceptors (Lipinski definition) is 11. The van der Waals surface area contributed by atoms with E-state index in [2.05, 4.69) is 12.1 Å². The second-order valence-electron chi connectivity index (χ2n) is 14.0. The van der Waals surface area contributed by atoms with Crippen LogP contribution < -0.4 is 9.47 Å². The molecule has 0 bridgehead atoms. The van der Waals surface area contributed by atoms with Gasteiger partial charge in [-0.25, -0.2) is 0 Å². The van der Waals surface area contributed by atoms with E-state index in [1.807, 2.05) is 49.6 Å². The lowest BCUT2D eigenvalue weighted by Crippen LogP contribution is -2.55. The van der Waals surface area contributed by atoms with Gasteiger partial charge in [0, 0.05) is 30.6 Å². The minimum Gasteiger partial charge on any atom is -0.485 e. The van der Waals surface area contributed by atoms with E-state index in [0.717, 1.165) is 24.0 Å². The highest BCUT2D eigenvalue weighted by atomic mass is 35.7. The van der Waals surface area contributed by atoms with Gasteiger partial charge in [0.1, 0.15) is 41.1 Å². The SMILES string of the molecule is CC1(C)Oc2ccc(C#N)cc2[C@@H](N2CCCC2=O)[C@@H]1OCCOP(Cl)OCCO[C@H]1[C@H](N2CCCC2O)c2cc(C#N)ccc2OC1(C)C. The normalized spacial score (nSPS) is 27.4. The number of aliphatic hydroxyl groups excluding tert-OH is 1. The molecule has 1 N–H and O–H groups in total. The van der Waals surface area contributed by atoms with Crippen LogP contribution >= 0.6 is 19.0 Å². The van der Waals surface area contributed by atoms with Crippen molar-refractivity contribution in [3.05, 3.63) is 58.7 Å². The number of nitrogens with zero attached hydrogens (tertiary/aromatic N) is 4. The summed E-state index contributed by atoms with van der Waals surface area (Å²) in [5.74, 6) is 1.36. The lowest BCUT2D eigenvalue weighted by atomic mass is 9.84. The van der Waals surface area contributed by atoms with Gasteiger partial charge in [-0.3, -0.25) is 9.69 Å².